The molecule has 0 heterocycles. The highest BCUT2D eigenvalue weighted by Crippen LogP contribution is 2.50. The average Bonchev–Trinajstić information content (AvgIpc) is 2.46. The van der Waals surface area contributed by atoms with Gasteiger partial charge in [-0.3, -0.25) is 0 Å². The highest BCUT2D eigenvalue weighted by Gasteiger charge is 2.39. The number of fused-ring (bicyclic) bond motifs is 1. The third-order valence-corrected chi connectivity index (χ3v) is 4.68. The van der Waals surface area contributed by atoms with Gasteiger partial charge in [0.1, 0.15) is 0 Å². The molecule has 0 fully saturated rings. The van der Waals surface area contributed by atoms with Gasteiger partial charge in [-0.1, -0.05) is 52.6 Å². The Morgan fingerprint density at radius 1 is 1.31 bits per heavy atom. The molecule has 0 saturated carbocycles. The molecular formula is C13H17Br2N. The van der Waals surface area contributed by atoms with Crippen LogP contribution in [0.4, 0.5) is 0 Å². The summed E-state index contributed by atoms with van der Waals surface area (Å²) in [5.41, 5.74) is 3.12. The summed E-state index contributed by atoms with van der Waals surface area (Å²) in [5.74, 6) is 0. The Bertz CT molecular complexity index is 413. The van der Waals surface area contributed by atoms with Gasteiger partial charge < -0.3 is 5.32 Å². The van der Waals surface area contributed by atoms with E-state index in [0.717, 1.165) is 13.0 Å². The van der Waals surface area contributed by atoms with Crippen LogP contribution in [0.3, 0.4) is 0 Å². The fourth-order valence-corrected chi connectivity index (χ4v) is 4.22. The largest absolute Gasteiger partial charge is 0.310 e. The van der Waals surface area contributed by atoms with Crippen molar-refractivity contribution in [2.75, 3.05) is 6.54 Å². The van der Waals surface area contributed by atoms with Crippen LogP contribution in [0.25, 0.3) is 0 Å². The van der Waals surface area contributed by atoms with Crippen molar-refractivity contribution in [1.29, 1.82) is 0 Å². The Kier molecular flexibility index (Phi) is 3.49. The predicted octanol–water partition coefficient (Wildman–Crippen LogP) is 4.54. The Balaban J connectivity index is 2.58. The third-order valence-electron chi connectivity index (χ3n) is 3.33. The molecule has 16 heavy (non-hydrogen) atoms. The zero-order chi connectivity index (χ0) is 11.9. The van der Waals surface area contributed by atoms with Crippen molar-refractivity contribution < 1.29 is 0 Å². The van der Waals surface area contributed by atoms with Gasteiger partial charge in [0, 0.05) is 15.0 Å². The molecule has 0 aliphatic heterocycles. The first-order chi connectivity index (χ1) is 7.47. The summed E-state index contributed by atoms with van der Waals surface area (Å²) < 4.78 is 2.46. The zero-order valence-corrected chi connectivity index (χ0v) is 13.1. The van der Waals surface area contributed by atoms with E-state index in [1.165, 1.54) is 20.1 Å². The molecule has 0 spiro atoms. The minimum Gasteiger partial charge on any atom is -0.310 e. The Morgan fingerprint density at radius 3 is 2.56 bits per heavy atom. The lowest BCUT2D eigenvalue weighted by Gasteiger charge is -2.20. The van der Waals surface area contributed by atoms with Crippen molar-refractivity contribution in [2.45, 2.75) is 38.6 Å². The van der Waals surface area contributed by atoms with Gasteiger partial charge in [-0.05, 0) is 41.6 Å². The second-order valence-electron chi connectivity index (χ2n) is 5.02. The maximum atomic E-state index is 3.69. The molecule has 1 N–H and O–H groups in total. The van der Waals surface area contributed by atoms with Crippen molar-refractivity contribution in [3.8, 4) is 0 Å². The molecule has 0 aromatic heterocycles. The minimum absolute atomic E-state index is 0.241. The fourth-order valence-electron chi connectivity index (χ4n) is 2.73. The lowest BCUT2D eigenvalue weighted by molar-refractivity contribution is 0.433. The van der Waals surface area contributed by atoms with Gasteiger partial charge in [-0.25, -0.2) is 0 Å². The molecule has 1 unspecified atom stereocenters. The summed E-state index contributed by atoms with van der Waals surface area (Å²) in [4.78, 5) is 0. The van der Waals surface area contributed by atoms with Crippen molar-refractivity contribution in [3.05, 3.63) is 32.2 Å². The van der Waals surface area contributed by atoms with E-state index in [4.69, 9.17) is 0 Å². The minimum atomic E-state index is 0.241. The molecule has 1 aromatic carbocycles. The first-order valence-electron chi connectivity index (χ1n) is 5.69. The van der Waals surface area contributed by atoms with Gasteiger partial charge >= 0.3 is 0 Å². The maximum absolute atomic E-state index is 3.69. The molecule has 0 bridgehead atoms. The smallest absolute Gasteiger partial charge is 0.0342 e. The first-order valence-corrected chi connectivity index (χ1v) is 7.27. The molecule has 2 rings (SSSR count). The lowest BCUT2D eigenvalue weighted by Crippen LogP contribution is -2.21. The molecular weight excluding hydrogens is 330 g/mol. The van der Waals surface area contributed by atoms with Crippen molar-refractivity contribution >= 4 is 31.9 Å². The van der Waals surface area contributed by atoms with Gasteiger partial charge in [0.2, 0.25) is 0 Å². The number of hydrogen-bond acceptors (Lipinski definition) is 1. The molecule has 1 nitrogen and oxygen atoms in total. The van der Waals surface area contributed by atoms with Crippen LogP contribution >= 0.6 is 31.9 Å². The Hall–Kier alpha value is 0.140. The quantitative estimate of drug-likeness (QED) is 0.828. The van der Waals surface area contributed by atoms with Gasteiger partial charge in [-0.15, -0.1) is 0 Å². The molecule has 88 valence electrons. The van der Waals surface area contributed by atoms with E-state index < -0.39 is 0 Å². The number of nitrogens with one attached hydrogen (secondary N) is 1. The predicted molar refractivity (Wildman–Crippen MR) is 75.9 cm³/mol. The van der Waals surface area contributed by atoms with Crippen LogP contribution in [-0.4, -0.2) is 6.54 Å². The monoisotopic (exact) mass is 345 g/mol. The highest BCUT2D eigenvalue weighted by molar-refractivity contribution is 9.11. The molecule has 3 heteroatoms. The SMILES string of the molecule is CCNC1CC(C)(C)c2c(Br)ccc(Br)c21. The van der Waals surface area contributed by atoms with E-state index in [9.17, 15) is 0 Å². The van der Waals surface area contributed by atoms with Crippen LogP contribution < -0.4 is 5.32 Å². The molecule has 1 aromatic rings. The highest BCUT2D eigenvalue weighted by atomic mass is 79.9. The van der Waals surface area contributed by atoms with Crippen LogP contribution in [0.5, 0.6) is 0 Å². The molecule has 1 atom stereocenters. The summed E-state index contributed by atoms with van der Waals surface area (Å²) in [6.45, 7) is 7.82. The topological polar surface area (TPSA) is 12.0 Å². The van der Waals surface area contributed by atoms with Crippen LogP contribution in [0.15, 0.2) is 21.1 Å². The zero-order valence-electron chi connectivity index (χ0n) is 9.90. The van der Waals surface area contributed by atoms with Crippen molar-refractivity contribution in [3.63, 3.8) is 0 Å². The number of hydrogen-bond donors (Lipinski definition) is 1. The van der Waals surface area contributed by atoms with E-state index >= 15 is 0 Å². The van der Waals surface area contributed by atoms with E-state index in [2.05, 4.69) is 70.1 Å². The normalized spacial score (nSPS) is 22.2. The van der Waals surface area contributed by atoms with Crippen LogP contribution in [0.1, 0.15) is 44.4 Å². The molecule has 1 aliphatic rings. The molecule has 0 amide bonds. The van der Waals surface area contributed by atoms with Crippen molar-refractivity contribution in [1.82, 2.24) is 5.32 Å². The standard InChI is InChI=1S/C13H17Br2N/c1-4-16-10-7-13(2,3)12-9(15)6-5-8(14)11(10)12/h5-6,10,16H,4,7H2,1-3H3. The average molecular weight is 347 g/mol. The van der Waals surface area contributed by atoms with Crippen LogP contribution in [0.2, 0.25) is 0 Å². The number of rotatable bonds is 2. The van der Waals surface area contributed by atoms with Crippen molar-refractivity contribution in [2.24, 2.45) is 0 Å². The Labute approximate surface area is 114 Å². The van der Waals surface area contributed by atoms with Gasteiger partial charge in [0.15, 0.2) is 0 Å². The summed E-state index contributed by atoms with van der Waals surface area (Å²) in [6.07, 6.45) is 1.16. The molecule has 0 saturated heterocycles. The Morgan fingerprint density at radius 2 is 1.94 bits per heavy atom. The lowest BCUT2D eigenvalue weighted by atomic mass is 9.86. The van der Waals surface area contributed by atoms with Crippen LogP contribution in [0, 0.1) is 0 Å². The van der Waals surface area contributed by atoms with Gasteiger partial charge in [-0.2, -0.15) is 0 Å². The third kappa shape index (κ3) is 1.98. The summed E-state index contributed by atoms with van der Waals surface area (Å²) in [7, 11) is 0. The summed E-state index contributed by atoms with van der Waals surface area (Å²) >= 11 is 7.37. The van der Waals surface area contributed by atoms with E-state index in [0.29, 0.717) is 6.04 Å². The first kappa shape index (κ1) is 12.6. The fraction of sp³-hybridized carbons (Fsp3) is 0.538. The van der Waals surface area contributed by atoms with E-state index in [1.54, 1.807) is 0 Å². The summed E-state index contributed by atoms with van der Waals surface area (Å²) in [5, 5.41) is 3.57. The molecule has 1 aliphatic carbocycles. The van der Waals surface area contributed by atoms with Gasteiger partial charge in [0.25, 0.3) is 0 Å². The number of halogens is 2. The van der Waals surface area contributed by atoms with Gasteiger partial charge in [0.05, 0.1) is 0 Å². The molecule has 0 radical (unpaired) electrons. The van der Waals surface area contributed by atoms with E-state index in [-0.39, 0.29) is 5.41 Å². The second-order valence-corrected chi connectivity index (χ2v) is 6.72. The maximum Gasteiger partial charge on any atom is 0.0342 e. The number of benzene rings is 1. The van der Waals surface area contributed by atoms with E-state index in [1.807, 2.05) is 0 Å². The van der Waals surface area contributed by atoms with Crippen LogP contribution in [-0.2, 0) is 5.41 Å². The summed E-state index contributed by atoms with van der Waals surface area (Å²) in [6, 6.07) is 4.75. The second kappa shape index (κ2) is 4.43.